The number of carbonyl (C=O) groups is 1. The van der Waals surface area contributed by atoms with Crippen LogP contribution in [0.1, 0.15) is 27.2 Å². The lowest BCUT2D eigenvalue weighted by atomic mass is 10.2. The molecule has 2 N–H and O–H groups in total. The molecule has 0 aliphatic rings. The molecule has 0 radical (unpaired) electrons. The highest BCUT2D eigenvalue weighted by Crippen LogP contribution is 2.02. The Hall–Kier alpha value is -0.830. The van der Waals surface area contributed by atoms with Gasteiger partial charge in [0.1, 0.15) is 0 Å². The maximum atomic E-state index is 11.7. The Balaban J connectivity index is 4.35. The van der Waals surface area contributed by atoms with Crippen LogP contribution in [0.4, 0.5) is 0 Å². The van der Waals surface area contributed by atoms with Gasteiger partial charge in [-0.3, -0.25) is 4.79 Å². The number of amides is 1. The Labute approximate surface area is 80.6 Å². The Morgan fingerprint density at radius 1 is 1.62 bits per heavy atom. The minimum atomic E-state index is -0.373. The summed E-state index contributed by atoms with van der Waals surface area (Å²) >= 11 is 0. The largest absolute Gasteiger partial charge is 0.335 e. The number of nitrogens with zero attached hydrogens (tertiary/aromatic N) is 1. The summed E-state index contributed by atoms with van der Waals surface area (Å²) in [5.41, 5.74) is 5.66. The van der Waals surface area contributed by atoms with Gasteiger partial charge in [-0.15, -0.1) is 6.58 Å². The second kappa shape index (κ2) is 5.75. The summed E-state index contributed by atoms with van der Waals surface area (Å²) in [6, 6.07) is -0.189. The molecule has 1 amide bonds. The van der Waals surface area contributed by atoms with Crippen LogP contribution in [0, 0.1) is 0 Å². The van der Waals surface area contributed by atoms with Gasteiger partial charge >= 0.3 is 0 Å². The fraction of sp³-hybridized carbons (Fsp3) is 0.700. The van der Waals surface area contributed by atoms with Crippen molar-refractivity contribution in [2.24, 2.45) is 5.73 Å². The zero-order valence-electron chi connectivity index (χ0n) is 8.79. The molecule has 0 aliphatic heterocycles. The van der Waals surface area contributed by atoms with Gasteiger partial charge in [0.05, 0.1) is 6.04 Å². The smallest absolute Gasteiger partial charge is 0.239 e. The SMILES string of the molecule is C=CCN(C(=O)[C@H](N)CC)C(C)C. The third-order valence-electron chi connectivity index (χ3n) is 1.99. The second-order valence-corrected chi connectivity index (χ2v) is 3.39. The molecule has 0 spiro atoms. The lowest BCUT2D eigenvalue weighted by molar-refractivity contribution is -0.133. The van der Waals surface area contributed by atoms with Crippen molar-refractivity contribution in [2.75, 3.05) is 6.54 Å². The number of carbonyl (C=O) groups excluding carboxylic acids is 1. The highest BCUT2D eigenvalue weighted by Gasteiger charge is 2.20. The van der Waals surface area contributed by atoms with Gasteiger partial charge in [-0.2, -0.15) is 0 Å². The van der Waals surface area contributed by atoms with E-state index in [4.69, 9.17) is 5.73 Å². The highest BCUT2D eigenvalue weighted by atomic mass is 16.2. The van der Waals surface area contributed by atoms with Gasteiger partial charge < -0.3 is 10.6 Å². The first-order valence-corrected chi connectivity index (χ1v) is 4.71. The van der Waals surface area contributed by atoms with Gasteiger partial charge in [-0.05, 0) is 20.3 Å². The Morgan fingerprint density at radius 3 is 2.46 bits per heavy atom. The molecule has 3 nitrogen and oxygen atoms in total. The summed E-state index contributed by atoms with van der Waals surface area (Å²) in [5.74, 6) is 0.0115. The molecular weight excluding hydrogens is 164 g/mol. The zero-order valence-corrected chi connectivity index (χ0v) is 8.79. The number of rotatable bonds is 5. The Morgan fingerprint density at radius 2 is 2.15 bits per heavy atom. The van der Waals surface area contributed by atoms with E-state index in [1.165, 1.54) is 0 Å². The van der Waals surface area contributed by atoms with Gasteiger partial charge in [-0.25, -0.2) is 0 Å². The van der Waals surface area contributed by atoms with Crippen LogP contribution in [0.25, 0.3) is 0 Å². The molecule has 13 heavy (non-hydrogen) atoms. The van der Waals surface area contributed by atoms with Crippen molar-refractivity contribution < 1.29 is 4.79 Å². The summed E-state index contributed by atoms with van der Waals surface area (Å²) in [6.07, 6.45) is 2.40. The first-order chi connectivity index (χ1) is 6.04. The summed E-state index contributed by atoms with van der Waals surface area (Å²) in [7, 11) is 0. The molecule has 0 saturated carbocycles. The van der Waals surface area contributed by atoms with Crippen LogP contribution < -0.4 is 5.73 Å². The van der Waals surface area contributed by atoms with Gasteiger partial charge in [-0.1, -0.05) is 13.0 Å². The van der Waals surface area contributed by atoms with Crippen molar-refractivity contribution in [3.63, 3.8) is 0 Å². The van der Waals surface area contributed by atoms with Crippen molar-refractivity contribution >= 4 is 5.91 Å². The Bertz CT molecular complexity index is 178. The van der Waals surface area contributed by atoms with Crippen molar-refractivity contribution in [1.29, 1.82) is 0 Å². The quantitative estimate of drug-likeness (QED) is 0.651. The zero-order chi connectivity index (χ0) is 10.4. The van der Waals surface area contributed by atoms with E-state index in [1.807, 2.05) is 20.8 Å². The van der Waals surface area contributed by atoms with Gasteiger partial charge in [0, 0.05) is 12.6 Å². The van der Waals surface area contributed by atoms with Crippen molar-refractivity contribution in [1.82, 2.24) is 4.90 Å². The molecule has 76 valence electrons. The number of hydrogen-bond acceptors (Lipinski definition) is 2. The van der Waals surface area contributed by atoms with E-state index in [-0.39, 0.29) is 18.0 Å². The first-order valence-electron chi connectivity index (χ1n) is 4.71. The van der Waals surface area contributed by atoms with Crippen LogP contribution in [0.15, 0.2) is 12.7 Å². The van der Waals surface area contributed by atoms with Gasteiger partial charge in [0.25, 0.3) is 0 Å². The van der Waals surface area contributed by atoms with E-state index in [0.29, 0.717) is 13.0 Å². The van der Waals surface area contributed by atoms with E-state index in [0.717, 1.165) is 0 Å². The molecule has 0 fully saturated rings. The second-order valence-electron chi connectivity index (χ2n) is 3.39. The summed E-state index contributed by atoms with van der Waals surface area (Å²) in [6.45, 7) is 10.1. The summed E-state index contributed by atoms with van der Waals surface area (Å²) in [5, 5.41) is 0. The molecular formula is C10H20N2O. The molecule has 0 aromatic heterocycles. The van der Waals surface area contributed by atoms with E-state index in [2.05, 4.69) is 6.58 Å². The average molecular weight is 184 g/mol. The third kappa shape index (κ3) is 3.59. The van der Waals surface area contributed by atoms with E-state index in [1.54, 1.807) is 11.0 Å². The molecule has 0 saturated heterocycles. The monoisotopic (exact) mass is 184 g/mol. The molecule has 1 atom stereocenters. The molecule has 0 rings (SSSR count). The maximum Gasteiger partial charge on any atom is 0.239 e. The molecule has 3 heteroatoms. The van der Waals surface area contributed by atoms with E-state index in [9.17, 15) is 4.79 Å². The fourth-order valence-corrected chi connectivity index (χ4v) is 1.08. The first kappa shape index (κ1) is 12.2. The molecule has 0 heterocycles. The molecule has 0 aliphatic carbocycles. The third-order valence-corrected chi connectivity index (χ3v) is 1.99. The van der Waals surface area contributed by atoms with Crippen molar-refractivity contribution in [3.8, 4) is 0 Å². The minimum Gasteiger partial charge on any atom is -0.335 e. The van der Waals surface area contributed by atoms with Crippen molar-refractivity contribution in [3.05, 3.63) is 12.7 Å². The van der Waals surface area contributed by atoms with Crippen LogP contribution in [0.3, 0.4) is 0 Å². The Kier molecular flexibility index (Phi) is 5.39. The number of hydrogen-bond donors (Lipinski definition) is 1. The normalized spacial score (nSPS) is 12.7. The summed E-state index contributed by atoms with van der Waals surface area (Å²) < 4.78 is 0. The predicted octanol–water partition coefficient (Wildman–Crippen LogP) is 1.15. The van der Waals surface area contributed by atoms with Crippen LogP contribution >= 0.6 is 0 Å². The lowest BCUT2D eigenvalue weighted by Gasteiger charge is -2.27. The van der Waals surface area contributed by atoms with Crippen LogP contribution in [0.2, 0.25) is 0 Å². The van der Waals surface area contributed by atoms with Gasteiger partial charge in [0.15, 0.2) is 0 Å². The van der Waals surface area contributed by atoms with Crippen LogP contribution in [-0.2, 0) is 4.79 Å². The lowest BCUT2D eigenvalue weighted by Crippen LogP contribution is -2.46. The molecule has 0 unspecified atom stereocenters. The van der Waals surface area contributed by atoms with E-state index >= 15 is 0 Å². The van der Waals surface area contributed by atoms with Gasteiger partial charge in [0.2, 0.25) is 5.91 Å². The van der Waals surface area contributed by atoms with E-state index < -0.39 is 0 Å². The van der Waals surface area contributed by atoms with Crippen molar-refractivity contribution in [2.45, 2.75) is 39.3 Å². The average Bonchev–Trinajstić information content (AvgIpc) is 2.11. The standard InChI is InChI=1S/C10H20N2O/c1-5-7-12(8(3)4)10(13)9(11)6-2/h5,8-9H,1,6-7,11H2,2-4H3/t9-/m1/s1. The predicted molar refractivity (Wildman–Crippen MR) is 55.3 cm³/mol. The molecule has 0 aromatic carbocycles. The van der Waals surface area contributed by atoms with Crippen LogP contribution in [0.5, 0.6) is 0 Å². The highest BCUT2D eigenvalue weighted by molar-refractivity contribution is 5.81. The maximum absolute atomic E-state index is 11.7. The number of nitrogens with two attached hydrogens (primary N) is 1. The van der Waals surface area contributed by atoms with Crippen LogP contribution in [-0.4, -0.2) is 29.4 Å². The fourth-order valence-electron chi connectivity index (χ4n) is 1.08. The topological polar surface area (TPSA) is 46.3 Å². The minimum absolute atomic E-state index is 0.0115. The molecule has 0 bridgehead atoms. The summed E-state index contributed by atoms with van der Waals surface area (Å²) in [4.78, 5) is 13.4. The molecule has 0 aromatic rings.